The number of carbonyl (C=O) groups is 1. The standard InChI is InChI=1S/C15H14F2N2OS/c1-8-9-3-5-21-14(9)2-4-19(8)15(20)10-6-13(18)12(17)7-11(10)16/h3,5-8H,2,4,18H2,1H3. The van der Waals surface area contributed by atoms with E-state index in [0.717, 1.165) is 18.1 Å². The quantitative estimate of drug-likeness (QED) is 0.821. The smallest absolute Gasteiger partial charge is 0.257 e. The Labute approximate surface area is 125 Å². The van der Waals surface area contributed by atoms with Crippen LogP contribution in [-0.2, 0) is 6.42 Å². The van der Waals surface area contributed by atoms with Gasteiger partial charge in [-0.1, -0.05) is 0 Å². The van der Waals surface area contributed by atoms with Gasteiger partial charge in [-0.25, -0.2) is 8.78 Å². The largest absolute Gasteiger partial charge is 0.396 e. The molecule has 0 aliphatic carbocycles. The zero-order valence-electron chi connectivity index (χ0n) is 11.4. The number of hydrogen-bond acceptors (Lipinski definition) is 3. The molecule has 1 aromatic carbocycles. The highest BCUT2D eigenvalue weighted by Crippen LogP contribution is 2.34. The molecule has 1 amide bonds. The van der Waals surface area contributed by atoms with Crippen LogP contribution in [0.25, 0.3) is 0 Å². The maximum atomic E-state index is 13.9. The third-order valence-corrected chi connectivity index (χ3v) is 4.85. The summed E-state index contributed by atoms with van der Waals surface area (Å²) in [5.74, 6) is -2.19. The molecule has 3 rings (SSSR count). The fraction of sp³-hybridized carbons (Fsp3) is 0.267. The number of nitrogens with zero attached hydrogens (tertiary/aromatic N) is 1. The zero-order valence-corrected chi connectivity index (χ0v) is 12.2. The van der Waals surface area contributed by atoms with Gasteiger partial charge < -0.3 is 10.6 Å². The van der Waals surface area contributed by atoms with Crippen LogP contribution in [0.2, 0.25) is 0 Å². The van der Waals surface area contributed by atoms with Crippen molar-refractivity contribution in [1.29, 1.82) is 0 Å². The van der Waals surface area contributed by atoms with E-state index in [9.17, 15) is 13.6 Å². The second-order valence-corrected chi connectivity index (χ2v) is 6.08. The molecule has 110 valence electrons. The van der Waals surface area contributed by atoms with Gasteiger partial charge in [0.1, 0.15) is 11.6 Å². The molecular formula is C15H14F2N2OS. The van der Waals surface area contributed by atoms with E-state index < -0.39 is 17.5 Å². The lowest BCUT2D eigenvalue weighted by atomic mass is 10.00. The highest BCUT2D eigenvalue weighted by atomic mass is 32.1. The summed E-state index contributed by atoms with van der Waals surface area (Å²) >= 11 is 1.66. The van der Waals surface area contributed by atoms with E-state index >= 15 is 0 Å². The van der Waals surface area contributed by atoms with Gasteiger partial charge in [0.2, 0.25) is 0 Å². The van der Waals surface area contributed by atoms with Gasteiger partial charge in [0, 0.05) is 17.5 Å². The van der Waals surface area contributed by atoms with E-state index in [0.29, 0.717) is 12.6 Å². The highest BCUT2D eigenvalue weighted by molar-refractivity contribution is 7.10. The number of benzene rings is 1. The number of fused-ring (bicyclic) bond motifs is 1. The minimum Gasteiger partial charge on any atom is -0.396 e. The van der Waals surface area contributed by atoms with Gasteiger partial charge in [0.05, 0.1) is 17.3 Å². The van der Waals surface area contributed by atoms with Crippen LogP contribution >= 0.6 is 11.3 Å². The van der Waals surface area contributed by atoms with Crippen LogP contribution < -0.4 is 5.73 Å². The molecule has 0 saturated heterocycles. The fourth-order valence-corrected chi connectivity index (χ4v) is 3.63. The molecule has 6 heteroatoms. The molecule has 0 radical (unpaired) electrons. The number of halogens is 2. The van der Waals surface area contributed by atoms with Crippen LogP contribution in [0.3, 0.4) is 0 Å². The molecule has 1 aromatic heterocycles. The van der Waals surface area contributed by atoms with Crippen molar-refractivity contribution in [3.05, 3.63) is 51.2 Å². The Kier molecular flexibility index (Phi) is 3.41. The number of anilines is 1. The van der Waals surface area contributed by atoms with Crippen molar-refractivity contribution in [3.8, 4) is 0 Å². The first-order chi connectivity index (χ1) is 9.99. The van der Waals surface area contributed by atoms with Crippen LogP contribution in [0.15, 0.2) is 23.6 Å². The molecule has 2 N–H and O–H groups in total. The minimum atomic E-state index is -0.880. The Morgan fingerprint density at radius 1 is 1.38 bits per heavy atom. The van der Waals surface area contributed by atoms with Gasteiger partial charge in [0.25, 0.3) is 5.91 Å². The summed E-state index contributed by atoms with van der Waals surface area (Å²) in [5.41, 5.74) is 6.13. The van der Waals surface area contributed by atoms with Crippen molar-refractivity contribution in [1.82, 2.24) is 4.90 Å². The van der Waals surface area contributed by atoms with Crippen molar-refractivity contribution in [2.24, 2.45) is 0 Å². The molecule has 1 aliphatic rings. The van der Waals surface area contributed by atoms with Gasteiger partial charge in [-0.05, 0) is 36.4 Å². The molecule has 3 nitrogen and oxygen atoms in total. The molecule has 0 saturated carbocycles. The molecule has 2 heterocycles. The van der Waals surface area contributed by atoms with Crippen molar-refractivity contribution in [3.63, 3.8) is 0 Å². The van der Waals surface area contributed by atoms with E-state index in [1.807, 2.05) is 18.4 Å². The van der Waals surface area contributed by atoms with Crippen LogP contribution in [0, 0.1) is 11.6 Å². The van der Waals surface area contributed by atoms with Crippen molar-refractivity contribution < 1.29 is 13.6 Å². The van der Waals surface area contributed by atoms with E-state index in [1.54, 1.807) is 16.2 Å². The van der Waals surface area contributed by atoms with Gasteiger partial charge in [-0.2, -0.15) is 0 Å². The number of thiophene rings is 1. The first kappa shape index (κ1) is 14.0. The lowest BCUT2D eigenvalue weighted by Gasteiger charge is -2.33. The van der Waals surface area contributed by atoms with Crippen molar-refractivity contribution in [2.45, 2.75) is 19.4 Å². The Morgan fingerprint density at radius 2 is 2.14 bits per heavy atom. The normalized spacial score (nSPS) is 17.7. The molecule has 0 bridgehead atoms. The lowest BCUT2D eigenvalue weighted by molar-refractivity contribution is 0.0674. The van der Waals surface area contributed by atoms with Gasteiger partial charge in [-0.3, -0.25) is 4.79 Å². The van der Waals surface area contributed by atoms with Gasteiger partial charge in [-0.15, -0.1) is 11.3 Å². The highest BCUT2D eigenvalue weighted by Gasteiger charge is 2.30. The monoisotopic (exact) mass is 308 g/mol. The van der Waals surface area contributed by atoms with E-state index in [-0.39, 0.29) is 17.3 Å². The second-order valence-electron chi connectivity index (χ2n) is 5.08. The summed E-state index contributed by atoms with van der Waals surface area (Å²) in [7, 11) is 0. The summed E-state index contributed by atoms with van der Waals surface area (Å²) in [6.45, 7) is 2.43. The number of hydrogen-bond donors (Lipinski definition) is 1. The van der Waals surface area contributed by atoms with Crippen molar-refractivity contribution >= 4 is 22.9 Å². The average Bonchev–Trinajstić information content (AvgIpc) is 2.92. The van der Waals surface area contributed by atoms with Gasteiger partial charge >= 0.3 is 0 Å². The van der Waals surface area contributed by atoms with Crippen molar-refractivity contribution in [2.75, 3.05) is 12.3 Å². The maximum absolute atomic E-state index is 13.9. The van der Waals surface area contributed by atoms with Crippen LogP contribution in [-0.4, -0.2) is 17.4 Å². The third kappa shape index (κ3) is 2.29. The first-order valence-electron chi connectivity index (χ1n) is 6.60. The second kappa shape index (κ2) is 5.11. The molecule has 21 heavy (non-hydrogen) atoms. The molecular weight excluding hydrogens is 294 g/mol. The van der Waals surface area contributed by atoms with E-state index in [1.165, 1.54) is 4.88 Å². The molecule has 2 aromatic rings. The number of nitrogens with two attached hydrogens (primary N) is 1. The number of carbonyl (C=O) groups excluding carboxylic acids is 1. The SMILES string of the molecule is CC1c2ccsc2CCN1C(=O)c1cc(N)c(F)cc1F. The Balaban J connectivity index is 1.95. The molecule has 0 spiro atoms. The predicted octanol–water partition coefficient (Wildman–Crippen LogP) is 3.37. The summed E-state index contributed by atoms with van der Waals surface area (Å²) < 4.78 is 27.1. The van der Waals surface area contributed by atoms with Crippen LogP contribution in [0.4, 0.5) is 14.5 Å². The average molecular weight is 308 g/mol. The summed E-state index contributed by atoms with van der Waals surface area (Å²) in [6.07, 6.45) is 0.751. The molecule has 1 unspecified atom stereocenters. The van der Waals surface area contributed by atoms with E-state index in [2.05, 4.69) is 0 Å². The predicted molar refractivity (Wildman–Crippen MR) is 78.2 cm³/mol. The number of rotatable bonds is 1. The topological polar surface area (TPSA) is 46.3 Å². The first-order valence-corrected chi connectivity index (χ1v) is 7.48. The van der Waals surface area contributed by atoms with Crippen LogP contribution in [0.5, 0.6) is 0 Å². The molecule has 1 aliphatic heterocycles. The number of nitrogen functional groups attached to an aromatic ring is 1. The Hall–Kier alpha value is -1.95. The molecule has 1 atom stereocenters. The summed E-state index contributed by atoms with van der Waals surface area (Å²) in [5, 5.41) is 1.99. The maximum Gasteiger partial charge on any atom is 0.257 e. The van der Waals surface area contributed by atoms with Gasteiger partial charge in [0.15, 0.2) is 0 Å². The molecule has 0 fully saturated rings. The third-order valence-electron chi connectivity index (χ3n) is 3.85. The summed E-state index contributed by atoms with van der Waals surface area (Å²) in [4.78, 5) is 15.4. The Morgan fingerprint density at radius 3 is 2.90 bits per heavy atom. The minimum absolute atomic E-state index is 0.127. The van der Waals surface area contributed by atoms with Crippen LogP contribution in [0.1, 0.15) is 33.8 Å². The number of amides is 1. The Bertz CT molecular complexity index is 714. The summed E-state index contributed by atoms with van der Waals surface area (Å²) in [6, 6.07) is 3.59. The lowest BCUT2D eigenvalue weighted by Crippen LogP contribution is -2.38. The van der Waals surface area contributed by atoms with E-state index in [4.69, 9.17) is 5.73 Å². The zero-order chi connectivity index (χ0) is 15.1. The fourth-order valence-electron chi connectivity index (χ4n) is 2.67.